The van der Waals surface area contributed by atoms with Crippen molar-refractivity contribution in [2.24, 2.45) is 0 Å². The molecule has 4 nitrogen and oxygen atoms in total. The molecular weight excluding hydrogens is 319 g/mol. The van der Waals surface area contributed by atoms with Crippen LogP contribution in [0.3, 0.4) is 0 Å². The summed E-state index contributed by atoms with van der Waals surface area (Å²) in [6, 6.07) is 10.8. The van der Waals surface area contributed by atoms with E-state index >= 15 is 0 Å². The molecule has 0 bridgehead atoms. The van der Waals surface area contributed by atoms with E-state index in [1.54, 1.807) is 32.3 Å². The van der Waals surface area contributed by atoms with E-state index in [1.807, 2.05) is 6.07 Å². The highest BCUT2D eigenvalue weighted by Crippen LogP contribution is 2.16. The van der Waals surface area contributed by atoms with Gasteiger partial charge in [-0.3, -0.25) is 9.59 Å². The van der Waals surface area contributed by atoms with Crippen LogP contribution in [0.4, 0.5) is 4.39 Å². The minimum Gasteiger partial charge on any atom is -0.348 e. The molecule has 120 valence electrons. The van der Waals surface area contributed by atoms with E-state index in [9.17, 15) is 14.0 Å². The summed E-state index contributed by atoms with van der Waals surface area (Å²) in [6.45, 7) is 0.252. The van der Waals surface area contributed by atoms with E-state index in [0.29, 0.717) is 5.56 Å². The predicted octanol–water partition coefficient (Wildman–Crippen LogP) is 3.11. The molecule has 0 saturated heterocycles. The fourth-order valence-electron chi connectivity index (χ4n) is 1.99. The molecule has 0 unspecified atom stereocenters. The first-order chi connectivity index (χ1) is 10.9. The number of rotatable bonds is 4. The van der Waals surface area contributed by atoms with E-state index in [1.165, 1.54) is 17.0 Å². The van der Waals surface area contributed by atoms with Gasteiger partial charge in [-0.05, 0) is 35.9 Å². The highest BCUT2D eigenvalue weighted by atomic mass is 35.5. The fourth-order valence-corrected chi connectivity index (χ4v) is 2.17. The molecule has 2 aromatic rings. The van der Waals surface area contributed by atoms with Crippen LogP contribution in [0, 0.1) is 5.82 Å². The van der Waals surface area contributed by atoms with Gasteiger partial charge in [0.15, 0.2) is 0 Å². The van der Waals surface area contributed by atoms with Crippen molar-refractivity contribution < 1.29 is 14.0 Å². The Morgan fingerprint density at radius 1 is 1.13 bits per heavy atom. The lowest BCUT2D eigenvalue weighted by molar-refractivity contribution is 0.0827. The average molecular weight is 335 g/mol. The fraction of sp³-hybridized carbons (Fsp3) is 0.176. The number of nitrogens with zero attached hydrogens (tertiary/aromatic N) is 1. The standard InChI is InChI=1S/C17H16ClFN2O2/c1-21(2)17(23)13-5-3-4-11(8-13)10-20-16(22)12-6-7-15(19)14(18)9-12/h3-9H,10H2,1-2H3,(H,20,22). The predicted molar refractivity (Wildman–Crippen MR) is 87.0 cm³/mol. The van der Waals surface area contributed by atoms with E-state index < -0.39 is 5.82 Å². The molecule has 0 spiro atoms. The van der Waals surface area contributed by atoms with Crippen molar-refractivity contribution in [3.63, 3.8) is 0 Å². The molecule has 2 aromatic carbocycles. The Bertz CT molecular complexity index is 747. The molecule has 0 aliphatic carbocycles. The van der Waals surface area contributed by atoms with Crippen LogP contribution in [-0.4, -0.2) is 30.8 Å². The van der Waals surface area contributed by atoms with Crippen molar-refractivity contribution in [2.75, 3.05) is 14.1 Å². The summed E-state index contributed by atoms with van der Waals surface area (Å²) in [6.07, 6.45) is 0. The summed E-state index contributed by atoms with van der Waals surface area (Å²) in [5.41, 5.74) is 1.61. The van der Waals surface area contributed by atoms with Gasteiger partial charge in [-0.15, -0.1) is 0 Å². The molecular formula is C17H16ClFN2O2. The summed E-state index contributed by atoms with van der Waals surface area (Å²) < 4.78 is 13.1. The number of amides is 2. The molecule has 2 rings (SSSR count). The number of hydrogen-bond donors (Lipinski definition) is 1. The maximum absolute atomic E-state index is 13.1. The highest BCUT2D eigenvalue weighted by Gasteiger charge is 2.10. The number of carbonyl (C=O) groups excluding carboxylic acids is 2. The van der Waals surface area contributed by atoms with Gasteiger partial charge in [0.2, 0.25) is 0 Å². The quantitative estimate of drug-likeness (QED) is 0.934. The molecule has 0 aliphatic heterocycles. The summed E-state index contributed by atoms with van der Waals surface area (Å²) >= 11 is 5.66. The van der Waals surface area contributed by atoms with Crippen molar-refractivity contribution >= 4 is 23.4 Å². The molecule has 0 atom stereocenters. The lowest BCUT2D eigenvalue weighted by Crippen LogP contribution is -2.24. The Morgan fingerprint density at radius 2 is 1.87 bits per heavy atom. The SMILES string of the molecule is CN(C)C(=O)c1cccc(CNC(=O)c2ccc(F)c(Cl)c2)c1. The first kappa shape index (κ1) is 17.0. The van der Waals surface area contributed by atoms with E-state index in [-0.39, 0.29) is 28.9 Å². The molecule has 1 N–H and O–H groups in total. The zero-order valence-electron chi connectivity index (χ0n) is 12.8. The third-order valence-corrected chi connectivity index (χ3v) is 3.50. The molecule has 0 fully saturated rings. The van der Waals surface area contributed by atoms with Crippen LogP contribution in [0.15, 0.2) is 42.5 Å². The van der Waals surface area contributed by atoms with Crippen LogP contribution in [0.5, 0.6) is 0 Å². The van der Waals surface area contributed by atoms with Gasteiger partial charge in [0.05, 0.1) is 5.02 Å². The van der Waals surface area contributed by atoms with Crippen molar-refractivity contribution in [2.45, 2.75) is 6.54 Å². The van der Waals surface area contributed by atoms with Gasteiger partial charge < -0.3 is 10.2 Å². The summed E-state index contributed by atoms with van der Waals surface area (Å²) in [5.74, 6) is -1.04. The summed E-state index contributed by atoms with van der Waals surface area (Å²) in [4.78, 5) is 25.4. The molecule has 6 heteroatoms. The molecule has 23 heavy (non-hydrogen) atoms. The van der Waals surface area contributed by atoms with Crippen LogP contribution in [0.25, 0.3) is 0 Å². The third-order valence-electron chi connectivity index (χ3n) is 3.21. The van der Waals surface area contributed by atoms with Crippen molar-refractivity contribution in [3.8, 4) is 0 Å². The molecule has 0 heterocycles. The van der Waals surface area contributed by atoms with E-state index in [4.69, 9.17) is 11.6 Å². The second-order valence-electron chi connectivity index (χ2n) is 5.21. The zero-order chi connectivity index (χ0) is 17.0. The number of benzene rings is 2. The van der Waals surface area contributed by atoms with Crippen molar-refractivity contribution in [1.29, 1.82) is 0 Å². The zero-order valence-corrected chi connectivity index (χ0v) is 13.5. The lowest BCUT2D eigenvalue weighted by Gasteiger charge is -2.11. The average Bonchev–Trinajstić information content (AvgIpc) is 2.54. The first-order valence-electron chi connectivity index (χ1n) is 6.92. The van der Waals surface area contributed by atoms with Gasteiger partial charge in [-0.1, -0.05) is 23.7 Å². The van der Waals surface area contributed by atoms with Crippen molar-refractivity contribution in [1.82, 2.24) is 10.2 Å². The maximum atomic E-state index is 13.1. The molecule has 0 aliphatic rings. The summed E-state index contributed by atoms with van der Waals surface area (Å²) in [5, 5.41) is 2.61. The topological polar surface area (TPSA) is 49.4 Å². The van der Waals surface area contributed by atoms with Crippen molar-refractivity contribution in [3.05, 3.63) is 70.0 Å². The molecule has 2 amide bonds. The Labute approximate surface area is 138 Å². The van der Waals surface area contributed by atoms with E-state index in [2.05, 4.69) is 5.32 Å². The lowest BCUT2D eigenvalue weighted by atomic mass is 10.1. The Morgan fingerprint density at radius 3 is 2.52 bits per heavy atom. The monoisotopic (exact) mass is 334 g/mol. The second-order valence-corrected chi connectivity index (χ2v) is 5.62. The minimum atomic E-state index is -0.571. The van der Waals surface area contributed by atoms with Gasteiger partial charge in [0.25, 0.3) is 11.8 Å². The van der Waals surface area contributed by atoms with Crippen LogP contribution >= 0.6 is 11.6 Å². The van der Waals surface area contributed by atoms with Crippen LogP contribution in [-0.2, 0) is 6.54 Å². The van der Waals surface area contributed by atoms with Gasteiger partial charge in [-0.25, -0.2) is 4.39 Å². The van der Waals surface area contributed by atoms with Gasteiger partial charge >= 0.3 is 0 Å². The number of hydrogen-bond acceptors (Lipinski definition) is 2. The minimum absolute atomic E-state index is 0.101. The molecule has 0 aromatic heterocycles. The Hall–Kier alpha value is -2.40. The van der Waals surface area contributed by atoms with Gasteiger partial charge in [0, 0.05) is 31.8 Å². The van der Waals surface area contributed by atoms with Gasteiger partial charge in [-0.2, -0.15) is 0 Å². The van der Waals surface area contributed by atoms with Gasteiger partial charge in [0.1, 0.15) is 5.82 Å². The smallest absolute Gasteiger partial charge is 0.253 e. The van der Waals surface area contributed by atoms with Crippen LogP contribution < -0.4 is 5.32 Å². The van der Waals surface area contributed by atoms with Crippen LogP contribution in [0.1, 0.15) is 26.3 Å². The molecule has 0 radical (unpaired) electrons. The Kier molecular flexibility index (Phi) is 5.34. The number of carbonyl (C=O) groups is 2. The normalized spacial score (nSPS) is 10.3. The Balaban J connectivity index is 2.05. The number of nitrogens with one attached hydrogen (secondary N) is 1. The van der Waals surface area contributed by atoms with Crippen LogP contribution in [0.2, 0.25) is 5.02 Å². The molecule has 0 saturated carbocycles. The maximum Gasteiger partial charge on any atom is 0.253 e. The highest BCUT2D eigenvalue weighted by molar-refractivity contribution is 6.31. The second kappa shape index (κ2) is 7.24. The number of halogens is 2. The summed E-state index contributed by atoms with van der Waals surface area (Å²) in [7, 11) is 3.35. The third kappa shape index (κ3) is 4.29. The van der Waals surface area contributed by atoms with E-state index in [0.717, 1.165) is 11.6 Å². The largest absolute Gasteiger partial charge is 0.348 e. The first-order valence-corrected chi connectivity index (χ1v) is 7.30.